The summed E-state index contributed by atoms with van der Waals surface area (Å²) in [6, 6.07) is 0. The molecule has 1 aliphatic rings. The van der Waals surface area contributed by atoms with Gasteiger partial charge < -0.3 is 4.74 Å². The van der Waals surface area contributed by atoms with Crippen LogP contribution >= 0.6 is 12.0 Å². The maximum atomic E-state index is 7.86. The topological polar surface area (TPSA) is 47.9 Å². The molecule has 0 heterocycles. The average Bonchev–Trinajstić information content (AvgIpc) is 2.21. The van der Waals surface area contributed by atoms with Crippen molar-refractivity contribution in [1.82, 2.24) is 0 Å². The van der Waals surface area contributed by atoms with E-state index in [0.29, 0.717) is 18.5 Å². The molecule has 0 atom stereocenters. The summed E-state index contributed by atoms with van der Waals surface area (Å²) >= 11 is 1.05. The molecule has 0 unspecified atom stereocenters. The summed E-state index contributed by atoms with van der Waals surface area (Å²) in [4.78, 5) is 0. The highest BCUT2D eigenvalue weighted by Crippen LogP contribution is 2.25. The van der Waals surface area contributed by atoms with Crippen LogP contribution in [0.1, 0.15) is 32.6 Å². The van der Waals surface area contributed by atoms with Gasteiger partial charge in [-0.1, -0.05) is 12.0 Å². The Morgan fingerprint density at radius 3 is 2.64 bits per heavy atom. The molecule has 0 radical (unpaired) electrons. The van der Waals surface area contributed by atoms with Gasteiger partial charge in [-0.2, -0.15) is 0 Å². The molecular weight excluding hydrogens is 204 g/mol. The fourth-order valence-corrected chi connectivity index (χ4v) is 1.98. The first-order valence-electron chi connectivity index (χ1n) is 5.04. The molecule has 0 saturated heterocycles. The lowest BCUT2D eigenvalue weighted by atomic mass is 9.89. The number of hydrogen-bond donors (Lipinski definition) is 1. The normalized spacial score (nSPS) is 27.9. The van der Waals surface area contributed by atoms with E-state index in [-0.39, 0.29) is 0 Å². The molecule has 1 aliphatic carbocycles. The molecule has 1 saturated carbocycles. The first-order valence-corrected chi connectivity index (χ1v) is 5.95. The van der Waals surface area contributed by atoms with Gasteiger partial charge in [0.05, 0.1) is 12.7 Å². The van der Waals surface area contributed by atoms with Gasteiger partial charge in [0.15, 0.2) is 0 Å². The molecule has 0 aromatic carbocycles. The van der Waals surface area contributed by atoms with E-state index in [1.807, 2.05) is 0 Å². The van der Waals surface area contributed by atoms with Crippen molar-refractivity contribution < 1.29 is 19.4 Å². The second-order valence-corrected chi connectivity index (χ2v) is 4.50. The van der Waals surface area contributed by atoms with Gasteiger partial charge in [-0.05, 0) is 31.6 Å². The lowest BCUT2D eigenvalue weighted by molar-refractivity contribution is -0.432. The van der Waals surface area contributed by atoms with E-state index in [1.54, 1.807) is 0 Å². The van der Waals surface area contributed by atoms with Crippen LogP contribution in [-0.2, 0) is 14.1 Å². The van der Waals surface area contributed by atoms with Crippen LogP contribution in [0, 0.1) is 5.92 Å². The van der Waals surface area contributed by atoms with Crippen LogP contribution in [0.4, 0.5) is 0 Å². The molecular formula is C9H18O4S. The van der Waals surface area contributed by atoms with E-state index in [0.717, 1.165) is 18.0 Å². The summed E-state index contributed by atoms with van der Waals surface area (Å²) in [5, 5.41) is 11.3. The van der Waals surface area contributed by atoms with Gasteiger partial charge >= 0.3 is 0 Å². The van der Waals surface area contributed by atoms with Crippen LogP contribution in [0.2, 0.25) is 0 Å². The molecule has 0 bridgehead atoms. The van der Waals surface area contributed by atoms with E-state index >= 15 is 0 Å². The highest BCUT2D eigenvalue weighted by molar-refractivity contribution is 7.94. The van der Waals surface area contributed by atoms with Crippen molar-refractivity contribution in [1.29, 1.82) is 0 Å². The largest absolute Gasteiger partial charge is 0.377 e. The van der Waals surface area contributed by atoms with E-state index in [4.69, 9.17) is 9.99 Å². The number of ether oxygens (including phenoxy) is 1. The molecule has 0 amide bonds. The zero-order valence-electron chi connectivity index (χ0n) is 8.48. The third-order valence-electron chi connectivity index (χ3n) is 2.56. The first-order chi connectivity index (χ1) is 6.83. The van der Waals surface area contributed by atoms with E-state index in [9.17, 15) is 0 Å². The third-order valence-corrected chi connectivity index (χ3v) is 3.05. The molecule has 1 rings (SSSR count). The van der Waals surface area contributed by atoms with Crippen LogP contribution in [0.5, 0.6) is 0 Å². The standard InChI is InChI=1S/C9H18O4S/c1-8-2-4-9(5-3-8)11-6-7-14-13-12-10/h8-10H,2-7H2,1H3. The van der Waals surface area contributed by atoms with Crippen LogP contribution in [0.15, 0.2) is 0 Å². The summed E-state index contributed by atoms with van der Waals surface area (Å²) in [6.45, 7) is 2.94. The average molecular weight is 222 g/mol. The van der Waals surface area contributed by atoms with Crippen molar-refractivity contribution in [2.75, 3.05) is 12.4 Å². The Labute approximate surface area is 89.0 Å². The molecule has 0 aromatic heterocycles. The Balaban J connectivity index is 1.91. The minimum atomic E-state index is 0.418. The van der Waals surface area contributed by atoms with Crippen molar-refractivity contribution in [3.8, 4) is 0 Å². The van der Waals surface area contributed by atoms with Crippen LogP contribution in [0.25, 0.3) is 0 Å². The second kappa shape index (κ2) is 7.48. The highest BCUT2D eigenvalue weighted by atomic mass is 32.2. The van der Waals surface area contributed by atoms with Gasteiger partial charge in [0, 0.05) is 17.8 Å². The molecule has 0 aromatic rings. The maximum absolute atomic E-state index is 7.86. The van der Waals surface area contributed by atoms with Crippen molar-refractivity contribution in [2.24, 2.45) is 5.92 Å². The minimum Gasteiger partial charge on any atom is -0.377 e. The molecule has 4 nitrogen and oxygen atoms in total. The summed E-state index contributed by atoms with van der Waals surface area (Å²) in [5.74, 6) is 1.53. The van der Waals surface area contributed by atoms with Gasteiger partial charge in [0.1, 0.15) is 0 Å². The van der Waals surface area contributed by atoms with Gasteiger partial charge in [-0.25, -0.2) is 5.26 Å². The molecule has 0 aliphatic heterocycles. The van der Waals surface area contributed by atoms with Gasteiger partial charge in [-0.15, -0.1) is 4.33 Å². The van der Waals surface area contributed by atoms with Crippen molar-refractivity contribution in [2.45, 2.75) is 38.7 Å². The van der Waals surface area contributed by atoms with Crippen LogP contribution in [0.3, 0.4) is 0 Å². The first kappa shape index (κ1) is 12.3. The zero-order chi connectivity index (χ0) is 10.2. The summed E-state index contributed by atoms with van der Waals surface area (Å²) in [7, 11) is 0. The van der Waals surface area contributed by atoms with Gasteiger partial charge in [0.2, 0.25) is 0 Å². The molecule has 0 spiro atoms. The molecule has 14 heavy (non-hydrogen) atoms. The van der Waals surface area contributed by atoms with Gasteiger partial charge in [-0.3, -0.25) is 0 Å². The maximum Gasteiger partial charge on any atom is 0.0584 e. The van der Waals surface area contributed by atoms with Crippen molar-refractivity contribution >= 4 is 12.0 Å². The Bertz CT molecular complexity index is 137. The Morgan fingerprint density at radius 1 is 1.29 bits per heavy atom. The molecule has 5 heteroatoms. The second-order valence-electron chi connectivity index (χ2n) is 3.72. The van der Waals surface area contributed by atoms with Gasteiger partial charge in [0.25, 0.3) is 0 Å². The van der Waals surface area contributed by atoms with Crippen LogP contribution in [-0.4, -0.2) is 23.7 Å². The van der Waals surface area contributed by atoms with E-state index < -0.39 is 0 Å². The van der Waals surface area contributed by atoms with Crippen LogP contribution < -0.4 is 0 Å². The smallest absolute Gasteiger partial charge is 0.0584 e. The predicted octanol–water partition coefficient (Wildman–Crippen LogP) is 2.65. The van der Waals surface area contributed by atoms with Crippen molar-refractivity contribution in [3.63, 3.8) is 0 Å². The minimum absolute atomic E-state index is 0.418. The predicted molar refractivity (Wildman–Crippen MR) is 54.6 cm³/mol. The summed E-state index contributed by atoms with van der Waals surface area (Å²) < 4.78 is 9.87. The molecule has 1 fully saturated rings. The summed E-state index contributed by atoms with van der Waals surface area (Å²) in [5.41, 5.74) is 0. The Hall–Kier alpha value is 0.190. The monoisotopic (exact) mass is 222 g/mol. The van der Waals surface area contributed by atoms with E-state index in [1.165, 1.54) is 25.7 Å². The third kappa shape index (κ3) is 5.17. The van der Waals surface area contributed by atoms with Crippen molar-refractivity contribution in [3.05, 3.63) is 0 Å². The SMILES string of the molecule is CC1CCC(OCCSOOO)CC1. The highest BCUT2D eigenvalue weighted by Gasteiger charge is 2.18. The quantitative estimate of drug-likeness (QED) is 0.324. The zero-order valence-corrected chi connectivity index (χ0v) is 9.29. The lowest BCUT2D eigenvalue weighted by Crippen LogP contribution is -2.21. The molecule has 1 N–H and O–H groups in total. The lowest BCUT2D eigenvalue weighted by Gasteiger charge is -2.26. The van der Waals surface area contributed by atoms with E-state index in [2.05, 4.69) is 16.3 Å². The number of rotatable bonds is 6. The Kier molecular flexibility index (Phi) is 6.55. The number of hydrogen-bond acceptors (Lipinski definition) is 5. The summed E-state index contributed by atoms with van der Waals surface area (Å²) in [6.07, 6.45) is 5.30. The fraction of sp³-hybridized carbons (Fsp3) is 1.00. The Morgan fingerprint density at radius 2 is 2.00 bits per heavy atom. The fourth-order valence-electron chi connectivity index (χ4n) is 1.70. The molecule has 84 valence electrons.